The fourth-order valence-corrected chi connectivity index (χ4v) is 4.88. The zero-order chi connectivity index (χ0) is 21.0. The summed E-state index contributed by atoms with van der Waals surface area (Å²) in [7, 11) is -3.28. The molecule has 3 rings (SSSR count). The van der Waals surface area contributed by atoms with Crippen molar-refractivity contribution >= 4 is 15.7 Å². The van der Waals surface area contributed by atoms with Crippen molar-refractivity contribution in [3.05, 3.63) is 48.0 Å². The van der Waals surface area contributed by atoms with E-state index in [2.05, 4.69) is 16.5 Å². The Bertz CT molecular complexity index is 924. The van der Waals surface area contributed by atoms with Crippen LogP contribution in [-0.2, 0) is 34.0 Å². The number of rotatable bonds is 7. The van der Waals surface area contributed by atoms with Crippen molar-refractivity contribution in [2.45, 2.75) is 63.1 Å². The minimum absolute atomic E-state index is 0.111. The monoisotopic (exact) mass is 417 g/mol. The van der Waals surface area contributed by atoms with Crippen LogP contribution in [0.15, 0.2) is 41.6 Å². The van der Waals surface area contributed by atoms with E-state index in [0.29, 0.717) is 17.2 Å². The van der Waals surface area contributed by atoms with Crippen LogP contribution in [0.1, 0.15) is 45.0 Å². The predicted octanol–water partition coefficient (Wildman–Crippen LogP) is 3.11. The van der Waals surface area contributed by atoms with Gasteiger partial charge in [-0.05, 0) is 50.3 Å². The van der Waals surface area contributed by atoms with Gasteiger partial charge in [-0.25, -0.2) is 13.4 Å². The van der Waals surface area contributed by atoms with Gasteiger partial charge in [0, 0.05) is 38.4 Å². The lowest BCUT2D eigenvalue weighted by molar-refractivity contribution is -0.131. The maximum atomic E-state index is 12.7. The lowest BCUT2D eigenvalue weighted by Crippen LogP contribution is -2.40. The molecule has 0 saturated carbocycles. The number of carbonyl (C=O) groups is 1. The number of sulfone groups is 1. The number of likely N-dealkylation sites (tertiary alicyclic amines) is 1. The fraction of sp³-hybridized carbons (Fsp3) is 0.545. The van der Waals surface area contributed by atoms with E-state index >= 15 is 0 Å². The first kappa shape index (κ1) is 21.6. The molecule has 6 nitrogen and oxygen atoms in total. The standard InChI is InChI=1S/C22H31N3O3S/c1-4-21-23-11-14-25(21)16-19-9-12-24(13-10-19)22(26)15-18-5-7-20(8-6-18)29(27,28)17(2)3/h5-8,11,14,17,19H,4,9-10,12-13,15-16H2,1-3H3. The highest BCUT2D eigenvalue weighted by Crippen LogP contribution is 2.21. The molecule has 2 aromatic rings. The highest BCUT2D eigenvalue weighted by Gasteiger charge is 2.24. The third kappa shape index (κ3) is 5.07. The van der Waals surface area contributed by atoms with Crippen molar-refractivity contribution in [2.75, 3.05) is 13.1 Å². The number of benzene rings is 1. The SMILES string of the molecule is CCc1nccn1CC1CCN(C(=O)Cc2ccc(S(=O)(=O)C(C)C)cc2)CC1. The van der Waals surface area contributed by atoms with Gasteiger partial charge in [-0.2, -0.15) is 0 Å². The molecule has 1 aromatic carbocycles. The number of nitrogens with zero attached hydrogens (tertiary/aromatic N) is 3. The summed E-state index contributed by atoms with van der Waals surface area (Å²) in [4.78, 5) is 19.3. The maximum absolute atomic E-state index is 12.7. The summed E-state index contributed by atoms with van der Waals surface area (Å²) in [5.74, 6) is 1.80. The minimum Gasteiger partial charge on any atom is -0.342 e. The maximum Gasteiger partial charge on any atom is 0.226 e. The lowest BCUT2D eigenvalue weighted by Gasteiger charge is -2.32. The molecule has 7 heteroatoms. The number of imidazole rings is 1. The topological polar surface area (TPSA) is 72.3 Å². The molecule has 1 amide bonds. The second kappa shape index (κ2) is 9.11. The van der Waals surface area contributed by atoms with E-state index in [0.717, 1.165) is 50.3 Å². The Morgan fingerprint density at radius 3 is 2.41 bits per heavy atom. The van der Waals surface area contributed by atoms with Gasteiger partial charge >= 0.3 is 0 Å². The Morgan fingerprint density at radius 2 is 1.83 bits per heavy atom. The van der Waals surface area contributed by atoms with Gasteiger partial charge in [0.25, 0.3) is 0 Å². The molecule has 0 aliphatic carbocycles. The van der Waals surface area contributed by atoms with Gasteiger partial charge < -0.3 is 9.47 Å². The Labute approximate surface area is 173 Å². The van der Waals surface area contributed by atoms with E-state index in [1.165, 1.54) is 0 Å². The summed E-state index contributed by atoms with van der Waals surface area (Å²) in [6.07, 6.45) is 7.14. The van der Waals surface area contributed by atoms with Gasteiger partial charge in [0.1, 0.15) is 5.82 Å². The molecule has 1 aliphatic rings. The van der Waals surface area contributed by atoms with E-state index in [4.69, 9.17) is 0 Å². The molecule has 0 spiro atoms. The zero-order valence-electron chi connectivity index (χ0n) is 17.5. The van der Waals surface area contributed by atoms with Crippen molar-refractivity contribution < 1.29 is 13.2 Å². The molecule has 2 heterocycles. The number of carbonyl (C=O) groups excluding carboxylic acids is 1. The third-order valence-electron chi connectivity index (χ3n) is 5.77. The number of amides is 1. The Kier molecular flexibility index (Phi) is 6.77. The molecule has 0 atom stereocenters. The first-order valence-electron chi connectivity index (χ1n) is 10.4. The van der Waals surface area contributed by atoms with E-state index in [-0.39, 0.29) is 5.91 Å². The van der Waals surface area contributed by atoms with Crippen LogP contribution in [0.3, 0.4) is 0 Å². The van der Waals surface area contributed by atoms with Crippen LogP contribution < -0.4 is 0 Å². The molecule has 0 N–H and O–H groups in total. The Balaban J connectivity index is 1.52. The summed E-state index contributed by atoms with van der Waals surface area (Å²) in [5.41, 5.74) is 0.853. The second-order valence-corrected chi connectivity index (χ2v) is 10.6. The molecule has 1 aromatic heterocycles. The van der Waals surface area contributed by atoms with Crippen LogP contribution in [0.5, 0.6) is 0 Å². The van der Waals surface area contributed by atoms with Crippen LogP contribution in [0.25, 0.3) is 0 Å². The number of hydrogen-bond acceptors (Lipinski definition) is 4. The van der Waals surface area contributed by atoms with Gasteiger partial charge in [-0.3, -0.25) is 4.79 Å². The summed E-state index contributed by atoms with van der Waals surface area (Å²) in [6.45, 7) is 7.99. The summed E-state index contributed by atoms with van der Waals surface area (Å²) < 4.78 is 26.7. The average molecular weight is 418 g/mol. The van der Waals surface area contributed by atoms with E-state index < -0.39 is 15.1 Å². The molecular formula is C22H31N3O3S. The van der Waals surface area contributed by atoms with Gasteiger partial charge in [0.2, 0.25) is 5.91 Å². The first-order valence-corrected chi connectivity index (χ1v) is 12.0. The molecule has 1 saturated heterocycles. The van der Waals surface area contributed by atoms with Gasteiger partial charge in [-0.1, -0.05) is 19.1 Å². The largest absolute Gasteiger partial charge is 0.342 e. The fourth-order valence-electron chi connectivity index (χ4n) is 3.82. The molecule has 1 fully saturated rings. The predicted molar refractivity (Wildman–Crippen MR) is 113 cm³/mol. The highest BCUT2D eigenvalue weighted by atomic mass is 32.2. The summed E-state index contributed by atoms with van der Waals surface area (Å²) in [5, 5.41) is -0.452. The number of aromatic nitrogens is 2. The molecule has 158 valence electrons. The smallest absolute Gasteiger partial charge is 0.226 e. The third-order valence-corrected chi connectivity index (χ3v) is 7.94. The van der Waals surface area contributed by atoms with Crippen molar-refractivity contribution in [3.63, 3.8) is 0 Å². The molecule has 0 radical (unpaired) electrons. The van der Waals surface area contributed by atoms with E-state index in [9.17, 15) is 13.2 Å². The Hall–Kier alpha value is -2.15. The Morgan fingerprint density at radius 1 is 1.17 bits per heavy atom. The quantitative estimate of drug-likeness (QED) is 0.694. The van der Waals surface area contributed by atoms with Crippen LogP contribution in [-0.4, -0.2) is 47.1 Å². The molecule has 0 unspecified atom stereocenters. The zero-order valence-corrected chi connectivity index (χ0v) is 18.4. The van der Waals surface area contributed by atoms with Gasteiger partial charge in [0.05, 0.1) is 16.6 Å². The van der Waals surface area contributed by atoms with Crippen LogP contribution in [0, 0.1) is 5.92 Å². The lowest BCUT2D eigenvalue weighted by atomic mass is 9.96. The van der Waals surface area contributed by atoms with Gasteiger partial charge in [-0.15, -0.1) is 0 Å². The van der Waals surface area contributed by atoms with Gasteiger partial charge in [0.15, 0.2) is 9.84 Å². The van der Waals surface area contributed by atoms with Crippen molar-refractivity contribution in [1.82, 2.24) is 14.5 Å². The van der Waals surface area contributed by atoms with Crippen LogP contribution in [0.4, 0.5) is 0 Å². The summed E-state index contributed by atoms with van der Waals surface area (Å²) in [6, 6.07) is 6.73. The number of hydrogen-bond donors (Lipinski definition) is 0. The minimum atomic E-state index is -3.28. The highest BCUT2D eigenvalue weighted by molar-refractivity contribution is 7.92. The molecule has 29 heavy (non-hydrogen) atoms. The molecule has 1 aliphatic heterocycles. The second-order valence-electron chi connectivity index (χ2n) is 8.09. The van der Waals surface area contributed by atoms with Crippen molar-refractivity contribution in [2.24, 2.45) is 5.92 Å². The molecular weight excluding hydrogens is 386 g/mol. The normalized spacial score (nSPS) is 15.8. The number of aryl methyl sites for hydroxylation is 1. The van der Waals surface area contributed by atoms with Crippen LogP contribution in [0.2, 0.25) is 0 Å². The van der Waals surface area contributed by atoms with E-state index in [1.807, 2.05) is 17.3 Å². The van der Waals surface area contributed by atoms with E-state index in [1.54, 1.807) is 38.1 Å². The first-order chi connectivity index (χ1) is 13.8. The van der Waals surface area contributed by atoms with Crippen LogP contribution >= 0.6 is 0 Å². The van der Waals surface area contributed by atoms with Crippen molar-refractivity contribution in [1.29, 1.82) is 0 Å². The van der Waals surface area contributed by atoms with Crippen molar-refractivity contribution in [3.8, 4) is 0 Å². The summed E-state index contributed by atoms with van der Waals surface area (Å²) >= 11 is 0. The average Bonchev–Trinajstić information content (AvgIpc) is 3.16. The molecule has 0 bridgehead atoms. The number of piperidine rings is 1.